The number of rotatable bonds is 4. The number of esters is 1. The van der Waals surface area contributed by atoms with Gasteiger partial charge in [0.05, 0.1) is 12.1 Å². The highest BCUT2D eigenvalue weighted by atomic mass is 16.5. The molecule has 0 spiro atoms. The molecule has 1 N–H and O–H groups in total. The van der Waals surface area contributed by atoms with Crippen molar-refractivity contribution < 1.29 is 9.53 Å². The minimum atomic E-state index is -0.237. The molecule has 0 saturated heterocycles. The first kappa shape index (κ1) is 12.4. The summed E-state index contributed by atoms with van der Waals surface area (Å²) in [5.74, 6) is -0.237. The number of hydrogen-bond donors (Lipinski definition) is 1. The molecule has 0 radical (unpaired) electrons. The van der Waals surface area contributed by atoms with Crippen LogP contribution in [0.1, 0.15) is 23.7 Å². The average molecular weight is 243 g/mol. The van der Waals surface area contributed by atoms with Crippen LogP contribution in [0, 0.1) is 6.92 Å². The van der Waals surface area contributed by atoms with E-state index >= 15 is 0 Å². The van der Waals surface area contributed by atoms with Crippen LogP contribution in [-0.2, 0) is 16.0 Å². The third kappa shape index (κ3) is 2.30. The Morgan fingerprint density at radius 3 is 2.94 bits per heavy atom. The van der Waals surface area contributed by atoms with Gasteiger partial charge in [0.25, 0.3) is 0 Å². The van der Waals surface area contributed by atoms with Crippen molar-refractivity contribution in [3.05, 3.63) is 41.6 Å². The van der Waals surface area contributed by atoms with Crippen molar-refractivity contribution in [3.8, 4) is 0 Å². The Labute approximate surface area is 106 Å². The Morgan fingerprint density at radius 1 is 1.50 bits per heavy atom. The summed E-state index contributed by atoms with van der Waals surface area (Å²) in [5, 5.41) is 1.18. The molecule has 94 valence electrons. The molecule has 3 heteroatoms. The van der Waals surface area contributed by atoms with Gasteiger partial charge in [0.1, 0.15) is 0 Å². The Kier molecular flexibility index (Phi) is 3.51. The first-order valence-electron chi connectivity index (χ1n) is 5.99. The molecule has 0 bridgehead atoms. The van der Waals surface area contributed by atoms with E-state index in [0.29, 0.717) is 6.61 Å². The Hall–Kier alpha value is -2.03. The fourth-order valence-corrected chi connectivity index (χ4v) is 2.22. The van der Waals surface area contributed by atoms with Gasteiger partial charge in [-0.3, -0.25) is 4.79 Å². The fourth-order valence-electron chi connectivity index (χ4n) is 2.22. The second-order valence-electron chi connectivity index (χ2n) is 4.29. The maximum absolute atomic E-state index is 10.8. The lowest BCUT2D eigenvalue weighted by molar-refractivity contribution is -0.140. The molecular weight excluding hydrogens is 226 g/mol. The number of fused-ring (bicyclic) bond motifs is 1. The monoisotopic (exact) mass is 243 g/mol. The van der Waals surface area contributed by atoms with Crippen LogP contribution in [0.2, 0.25) is 0 Å². The second kappa shape index (κ2) is 5.08. The molecule has 0 atom stereocenters. The number of aromatic amines is 1. The summed E-state index contributed by atoms with van der Waals surface area (Å²) in [6.07, 6.45) is 2.57. The van der Waals surface area contributed by atoms with Gasteiger partial charge in [-0.1, -0.05) is 30.9 Å². The molecule has 0 fully saturated rings. The van der Waals surface area contributed by atoms with E-state index in [4.69, 9.17) is 4.74 Å². The minimum absolute atomic E-state index is 0.237. The van der Waals surface area contributed by atoms with Gasteiger partial charge >= 0.3 is 5.97 Å². The van der Waals surface area contributed by atoms with E-state index in [0.717, 1.165) is 23.2 Å². The van der Waals surface area contributed by atoms with Crippen LogP contribution in [0.5, 0.6) is 0 Å². The zero-order chi connectivity index (χ0) is 13.1. The highest BCUT2D eigenvalue weighted by Crippen LogP contribution is 2.26. The number of aromatic nitrogens is 1. The van der Waals surface area contributed by atoms with E-state index in [9.17, 15) is 4.79 Å². The van der Waals surface area contributed by atoms with Crippen molar-refractivity contribution in [2.24, 2.45) is 0 Å². The highest BCUT2D eigenvalue weighted by molar-refractivity contribution is 5.91. The summed E-state index contributed by atoms with van der Waals surface area (Å²) in [6.45, 7) is 7.70. The number of aryl methyl sites for hydroxylation is 1. The lowest BCUT2D eigenvalue weighted by atomic mass is 10.1. The van der Waals surface area contributed by atoms with Crippen LogP contribution in [0.3, 0.4) is 0 Å². The lowest BCUT2D eigenvalue weighted by Crippen LogP contribution is -2.03. The van der Waals surface area contributed by atoms with Crippen LogP contribution in [-0.4, -0.2) is 17.6 Å². The highest BCUT2D eigenvalue weighted by Gasteiger charge is 2.10. The predicted molar refractivity (Wildman–Crippen MR) is 73.5 cm³/mol. The molecule has 1 aromatic heterocycles. The van der Waals surface area contributed by atoms with Crippen LogP contribution >= 0.6 is 0 Å². The van der Waals surface area contributed by atoms with Crippen molar-refractivity contribution in [1.29, 1.82) is 0 Å². The number of benzene rings is 1. The summed E-state index contributed by atoms with van der Waals surface area (Å²) in [5.41, 5.74) is 4.51. The summed E-state index contributed by atoms with van der Waals surface area (Å²) >= 11 is 0. The largest absolute Gasteiger partial charge is 0.466 e. The van der Waals surface area contributed by atoms with E-state index in [1.807, 2.05) is 25.1 Å². The topological polar surface area (TPSA) is 42.1 Å². The van der Waals surface area contributed by atoms with E-state index in [-0.39, 0.29) is 5.97 Å². The number of nitrogens with one attached hydrogen (secondary N) is 1. The molecule has 0 saturated carbocycles. The summed E-state index contributed by atoms with van der Waals surface area (Å²) < 4.78 is 5.00. The first-order valence-corrected chi connectivity index (χ1v) is 5.99. The first-order chi connectivity index (χ1) is 8.63. The molecule has 1 heterocycles. The van der Waals surface area contributed by atoms with Crippen LogP contribution < -0.4 is 0 Å². The molecule has 0 aliphatic heterocycles. The van der Waals surface area contributed by atoms with Crippen molar-refractivity contribution in [3.63, 3.8) is 0 Å². The summed E-state index contributed by atoms with van der Waals surface area (Å²) in [6, 6.07) is 6.12. The third-order valence-electron chi connectivity index (χ3n) is 3.06. The van der Waals surface area contributed by atoms with E-state index < -0.39 is 0 Å². The van der Waals surface area contributed by atoms with Gasteiger partial charge in [-0.25, -0.2) is 0 Å². The van der Waals surface area contributed by atoms with Crippen LogP contribution in [0.25, 0.3) is 17.0 Å². The third-order valence-corrected chi connectivity index (χ3v) is 3.06. The Bertz CT molecular complexity index is 596. The number of hydrogen-bond acceptors (Lipinski definition) is 2. The number of para-hydroxylation sites is 1. The molecule has 2 aromatic rings. The number of carbonyl (C=O) groups is 1. The molecule has 0 unspecified atom stereocenters. The zero-order valence-corrected chi connectivity index (χ0v) is 10.7. The van der Waals surface area contributed by atoms with Gasteiger partial charge in [-0.05, 0) is 18.1 Å². The van der Waals surface area contributed by atoms with Gasteiger partial charge < -0.3 is 9.72 Å². The summed E-state index contributed by atoms with van der Waals surface area (Å²) in [4.78, 5) is 14.2. The SMILES string of the molecule is C=Cc1cccc2c(CCOC(C)=O)c(C)[nH]c12. The fraction of sp³-hybridized carbons (Fsp3) is 0.267. The smallest absolute Gasteiger partial charge is 0.302 e. The lowest BCUT2D eigenvalue weighted by Gasteiger charge is -2.03. The molecule has 2 rings (SSSR count). The predicted octanol–water partition coefficient (Wildman–Crippen LogP) is 3.22. The van der Waals surface area contributed by atoms with Crippen molar-refractivity contribution in [2.45, 2.75) is 20.3 Å². The van der Waals surface area contributed by atoms with Gasteiger partial charge in [-0.2, -0.15) is 0 Å². The number of carbonyl (C=O) groups excluding carboxylic acids is 1. The molecule has 0 aliphatic carbocycles. The Balaban J connectivity index is 2.35. The quantitative estimate of drug-likeness (QED) is 0.838. The minimum Gasteiger partial charge on any atom is -0.466 e. The van der Waals surface area contributed by atoms with Gasteiger partial charge in [-0.15, -0.1) is 0 Å². The maximum Gasteiger partial charge on any atom is 0.302 e. The van der Waals surface area contributed by atoms with Gasteiger partial charge in [0.15, 0.2) is 0 Å². The zero-order valence-electron chi connectivity index (χ0n) is 10.7. The van der Waals surface area contributed by atoms with Crippen LogP contribution in [0.4, 0.5) is 0 Å². The molecule has 1 aromatic carbocycles. The van der Waals surface area contributed by atoms with Gasteiger partial charge in [0.2, 0.25) is 0 Å². The molecule has 0 aliphatic rings. The van der Waals surface area contributed by atoms with Crippen molar-refractivity contribution in [1.82, 2.24) is 4.98 Å². The Morgan fingerprint density at radius 2 is 2.28 bits per heavy atom. The molecule has 18 heavy (non-hydrogen) atoms. The maximum atomic E-state index is 10.8. The number of H-pyrrole nitrogens is 1. The van der Waals surface area contributed by atoms with E-state index in [2.05, 4.69) is 17.6 Å². The van der Waals surface area contributed by atoms with Gasteiger partial charge in [0, 0.05) is 24.4 Å². The van der Waals surface area contributed by atoms with Crippen LogP contribution in [0.15, 0.2) is 24.8 Å². The molecule has 0 amide bonds. The number of ether oxygens (including phenoxy) is 1. The molecular formula is C15H17NO2. The summed E-state index contributed by atoms with van der Waals surface area (Å²) in [7, 11) is 0. The standard InChI is InChI=1S/C15H17NO2/c1-4-12-6-5-7-14-13(8-9-18-11(3)17)10(2)16-15(12)14/h4-7,16H,1,8-9H2,2-3H3. The van der Waals surface area contributed by atoms with Crippen molar-refractivity contribution >= 4 is 22.9 Å². The normalized spacial score (nSPS) is 10.6. The average Bonchev–Trinajstić information content (AvgIpc) is 2.65. The van der Waals surface area contributed by atoms with Crippen molar-refractivity contribution in [2.75, 3.05) is 6.61 Å². The second-order valence-corrected chi connectivity index (χ2v) is 4.29. The molecule has 3 nitrogen and oxygen atoms in total. The van der Waals surface area contributed by atoms with E-state index in [1.54, 1.807) is 0 Å². The van der Waals surface area contributed by atoms with E-state index in [1.165, 1.54) is 17.9 Å².